The van der Waals surface area contributed by atoms with E-state index in [1.807, 2.05) is 0 Å². The molecule has 0 saturated carbocycles. The van der Waals surface area contributed by atoms with Crippen molar-refractivity contribution in [1.82, 2.24) is 4.98 Å². The van der Waals surface area contributed by atoms with Crippen molar-refractivity contribution in [1.29, 1.82) is 0 Å². The van der Waals surface area contributed by atoms with Crippen LogP contribution in [0.2, 0.25) is 5.02 Å². The van der Waals surface area contributed by atoms with Crippen LogP contribution >= 0.6 is 43.5 Å². The number of pyridine rings is 1. The van der Waals surface area contributed by atoms with Gasteiger partial charge >= 0.3 is 0 Å². The van der Waals surface area contributed by atoms with Gasteiger partial charge in [-0.05, 0) is 56.1 Å². The lowest BCUT2D eigenvalue weighted by atomic mass is 10.3. The van der Waals surface area contributed by atoms with E-state index in [1.165, 1.54) is 12.3 Å². The molecule has 0 aliphatic rings. The van der Waals surface area contributed by atoms with Crippen LogP contribution < -0.4 is 5.32 Å². The van der Waals surface area contributed by atoms with Gasteiger partial charge in [0.1, 0.15) is 0 Å². The second kappa shape index (κ2) is 5.33. The van der Waals surface area contributed by atoms with Crippen LogP contribution in [0.3, 0.4) is 0 Å². The lowest BCUT2D eigenvalue weighted by Crippen LogP contribution is -1.96. The van der Waals surface area contributed by atoms with Gasteiger partial charge in [0.25, 0.3) is 0 Å². The molecule has 0 bridgehead atoms. The molecule has 0 fully saturated rings. The fraction of sp³-hybridized carbons (Fsp3) is 0. The van der Waals surface area contributed by atoms with Gasteiger partial charge in [-0.2, -0.15) is 0 Å². The predicted molar refractivity (Wildman–Crippen MR) is 74.3 cm³/mol. The number of nitrogens with zero attached hydrogens (tertiary/aromatic N) is 1. The van der Waals surface area contributed by atoms with E-state index in [1.54, 1.807) is 18.2 Å². The summed E-state index contributed by atoms with van der Waals surface area (Å²) in [6.07, 6.45) is 1.52. The molecular formula is C11H6Br2ClFN2. The summed E-state index contributed by atoms with van der Waals surface area (Å²) >= 11 is 12.3. The number of nitrogens with one attached hydrogen (secondary N) is 1. The molecule has 1 N–H and O–H groups in total. The Morgan fingerprint density at radius 1 is 1.24 bits per heavy atom. The molecule has 2 rings (SSSR count). The zero-order chi connectivity index (χ0) is 12.4. The van der Waals surface area contributed by atoms with Crippen molar-refractivity contribution in [2.45, 2.75) is 0 Å². The molecule has 17 heavy (non-hydrogen) atoms. The van der Waals surface area contributed by atoms with Crippen LogP contribution in [-0.2, 0) is 0 Å². The fourth-order valence-corrected chi connectivity index (χ4v) is 2.02. The van der Waals surface area contributed by atoms with Crippen molar-refractivity contribution in [3.8, 4) is 0 Å². The van der Waals surface area contributed by atoms with Crippen LogP contribution in [0.4, 0.5) is 15.9 Å². The van der Waals surface area contributed by atoms with E-state index < -0.39 is 5.82 Å². The first kappa shape index (κ1) is 12.8. The Hall–Kier alpha value is -0.650. The highest BCUT2D eigenvalue weighted by Gasteiger charge is 2.06. The molecule has 0 unspecified atom stereocenters. The molecule has 0 atom stereocenters. The van der Waals surface area contributed by atoms with Gasteiger partial charge in [0.15, 0.2) is 11.6 Å². The van der Waals surface area contributed by atoms with Crippen LogP contribution in [0.5, 0.6) is 0 Å². The Balaban J connectivity index is 2.28. The zero-order valence-corrected chi connectivity index (χ0v) is 12.3. The van der Waals surface area contributed by atoms with E-state index in [0.29, 0.717) is 15.2 Å². The number of rotatable bonds is 2. The number of hydrogen-bond acceptors (Lipinski definition) is 2. The molecule has 0 aliphatic heterocycles. The summed E-state index contributed by atoms with van der Waals surface area (Å²) in [6, 6.07) is 6.56. The highest BCUT2D eigenvalue weighted by atomic mass is 79.9. The molecular weight excluding hydrogens is 374 g/mol. The van der Waals surface area contributed by atoms with E-state index in [0.717, 1.165) is 4.47 Å². The molecule has 1 aromatic carbocycles. The number of halogens is 4. The molecule has 0 amide bonds. The maximum atomic E-state index is 13.5. The molecule has 88 valence electrons. The quantitative estimate of drug-likeness (QED) is 0.780. The van der Waals surface area contributed by atoms with Gasteiger partial charge in [-0.1, -0.05) is 11.6 Å². The summed E-state index contributed by atoms with van der Waals surface area (Å²) in [4.78, 5) is 3.94. The molecule has 0 radical (unpaired) electrons. The molecule has 1 heterocycles. The van der Waals surface area contributed by atoms with Gasteiger partial charge in [-0.3, -0.25) is 0 Å². The van der Waals surface area contributed by atoms with Crippen molar-refractivity contribution in [3.05, 3.63) is 50.2 Å². The van der Waals surface area contributed by atoms with Gasteiger partial charge in [0, 0.05) is 20.8 Å². The summed E-state index contributed by atoms with van der Waals surface area (Å²) < 4.78 is 14.9. The largest absolute Gasteiger partial charge is 0.338 e. The minimum absolute atomic E-state index is 0.169. The number of aromatic nitrogens is 1. The van der Waals surface area contributed by atoms with Gasteiger partial charge in [-0.25, -0.2) is 9.37 Å². The number of hydrogen-bond donors (Lipinski definition) is 1. The van der Waals surface area contributed by atoms with Crippen LogP contribution in [0.25, 0.3) is 0 Å². The zero-order valence-electron chi connectivity index (χ0n) is 8.35. The van der Waals surface area contributed by atoms with Gasteiger partial charge < -0.3 is 5.32 Å². The first-order valence-corrected chi connectivity index (χ1v) is 6.56. The normalized spacial score (nSPS) is 10.4. The third-order valence-corrected chi connectivity index (χ3v) is 3.64. The Morgan fingerprint density at radius 2 is 2.00 bits per heavy atom. The van der Waals surface area contributed by atoms with Crippen molar-refractivity contribution in [2.75, 3.05) is 5.32 Å². The van der Waals surface area contributed by atoms with Gasteiger partial charge in [0.2, 0.25) is 0 Å². The molecule has 6 heteroatoms. The monoisotopic (exact) mass is 378 g/mol. The predicted octanol–water partition coefficient (Wildman–Crippen LogP) is 5.14. The first-order valence-electron chi connectivity index (χ1n) is 4.59. The van der Waals surface area contributed by atoms with Crippen LogP contribution in [0.1, 0.15) is 0 Å². The topological polar surface area (TPSA) is 24.9 Å². The van der Waals surface area contributed by atoms with Gasteiger partial charge in [-0.15, -0.1) is 0 Å². The second-order valence-electron chi connectivity index (χ2n) is 3.24. The average Bonchev–Trinajstić information content (AvgIpc) is 2.27. The van der Waals surface area contributed by atoms with E-state index in [9.17, 15) is 4.39 Å². The highest BCUT2D eigenvalue weighted by molar-refractivity contribution is 9.10. The van der Waals surface area contributed by atoms with Crippen molar-refractivity contribution in [3.63, 3.8) is 0 Å². The van der Waals surface area contributed by atoms with E-state index in [2.05, 4.69) is 42.2 Å². The van der Waals surface area contributed by atoms with Gasteiger partial charge in [0.05, 0.1) is 5.02 Å². The molecule has 2 nitrogen and oxygen atoms in total. The summed E-state index contributed by atoms with van der Waals surface area (Å²) in [6.45, 7) is 0. The minimum atomic E-state index is -0.426. The third-order valence-electron chi connectivity index (χ3n) is 1.99. The number of anilines is 2. The summed E-state index contributed by atoms with van der Waals surface area (Å²) in [5.41, 5.74) is 0.704. The second-order valence-corrected chi connectivity index (χ2v) is 5.42. The Morgan fingerprint density at radius 3 is 2.65 bits per heavy atom. The Kier molecular flexibility index (Phi) is 4.01. The minimum Gasteiger partial charge on any atom is -0.338 e. The summed E-state index contributed by atoms with van der Waals surface area (Å²) in [5.74, 6) is -0.257. The third kappa shape index (κ3) is 3.18. The van der Waals surface area contributed by atoms with Crippen molar-refractivity contribution >= 4 is 55.0 Å². The molecule has 1 aromatic heterocycles. The SMILES string of the molecule is Fc1cc(Br)cnc1Nc1ccc(Cl)c(Br)c1. The lowest BCUT2D eigenvalue weighted by Gasteiger charge is -2.07. The molecule has 0 aliphatic carbocycles. The van der Waals surface area contributed by atoms with Crippen LogP contribution in [0.15, 0.2) is 39.4 Å². The maximum absolute atomic E-state index is 13.5. The fourth-order valence-electron chi connectivity index (χ4n) is 1.22. The molecule has 0 spiro atoms. The summed E-state index contributed by atoms with van der Waals surface area (Å²) in [5, 5.41) is 3.47. The molecule has 2 aromatic rings. The summed E-state index contributed by atoms with van der Waals surface area (Å²) in [7, 11) is 0. The average molecular weight is 380 g/mol. The Bertz CT molecular complexity index is 563. The standard InChI is InChI=1S/C11H6Br2ClFN2/c12-6-3-10(15)11(16-5-6)17-7-1-2-9(14)8(13)4-7/h1-5H,(H,16,17). The van der Waals surface area contributed by atoms with Crippen molar-refractivity contribution in [2.24, 2.45) is 0 Å². The lowest BCUT2D eigenvalue weighted by molar-refractivity contribution is 0.625. The molecule has 0 saturated heterocycles. The van der Waals surface area contributed by atoms with E-state index >= 15 is 0 Å². The highest BCUT2D eigenvalue weighted by Crippen LogP contribution is 2.27. The van der Waals surface area contributed by atoms with E-state index in [-0.39, 0.29) is 5.82 Å². The first-order chi connectivity index (χ1) is 8.06. The number of benzene rings is 1. The van der Waals surface area contributed by atoms with Crippen LogP contribution in [0, 0.1) is 5.82 Å². The smallest absolute Gasteiger partial charge is 0.166 e. The van der Waals surface area contributed by atoms with E-state index in [4.69, 9.17) is 11.6 Å². The van der Waals surface area contributed by atoms with Crippen molar-refractivity contribution < 1.29 is 4.39 Å². The maximum Gasteiger partial charge on any atom is 0.166 e. The van der Waals surface area contributed by atoms with Crippen LogP contribution in [-0.4, -0.2) is 4.98 Å². The Labute approximate surface area is 119 Å².